The van der Waals surface area contributed by atoms with Crippen LogP contribution in [-0.4, -0.2) is 67.2 Å². The van der Waals surface area contributed by atoms with Crippen LogP contribution in [0.4, 0.5) is 0 Å². The molecule has 5 N–H and O–H groups in total. The minimum Gasteiger partial charge on any atom is -0.489 e. The fourth-order valence-electron chi connectivity index (χ4n) is 4.93. The summed E-state index contributed by atoms with van der Waals surface area (Å²) in [5.74, 6) is 0.921. The zero-order valence-corrected chi connectivity index (χ0v) is 22.9. The van der Waals surface area contributed by atoms with E-state index < -0.39 is 16.1 Å². The second-order valence-electron chi connectivity index (χ2n) is 9.75. The van der Waals surface area contributed by atoms with Crippen molar-refractivity contribution in [2.75, 3.05) is 32.8 Å². The third-order valence-electron chi connectivity index (χ3n) is 7.04. The minimum atomic E-state index is -3.46. The van der Waals surface area contributed by atoms with E-state index in [4.69, 9.17) is 16.3 Å². The molecule has 3 aromatic carbocycles. The first-order valence-electron chi connectivity index (χ1n) is 12.6. The van der Waals surface area contributed by atoms with Gasteiger partial charge in [0.15, 0.2) is 0 Å². The molecule has 0 spiro atoms. The topological polar surface area (TPSA) is 126 Å². The van der Waals surface area contributed by atoms with Gasteiger partial charge in [0.05, 0.1) is 20.8 Å². The zero-order valence-electron chi connectivity index (χ0n) is 21.3. The molecule has 204 valence electrons. The summed E-state index contributed by atoms with van der Waals surface area (Å²) >= 11 is 6.46. The predicted octanol–water partition coefficient (Wildman–Crippen LogP) is 3.89. The molecule has 10 heteroatoms. The molecule has 0 saturated carbocycles. The lowest BCUT2D eigenvalue weighted by atomic mass is 9.98. The molecule has 8 nitrogen and oxygen atoms in total. The molecule has 0 amide bonds. The van der Waals surface area contributed by atoms with Crippen LogP contribution in [0.3, 0.4) is 0 Å². The van der Waals surface area contributed by atoms with Crippen LogP contribution in [0.25, 0.3) is 21.8 Å². The van der Waals surface area contributed by atoms with Gasteiger partial charge in [-0.25, -0.2) is 8.42 Å². The van der Waals surface area contributed by atoms with E-state index in [1.54, 1.807) is 22.5 Å². The molecular weight excluding hydrogens is 526 g/mol. The molecule has 1 aliphatic rings. The Balaban J connectivity index is 0.00000336. The molecule has 0 radical (unpaired) electrons. The van der Waals surface area contributed by atoms with Gasteiger partial charge in [-0.3, -0.25) is 0 Å². The van der Waals surface area contributed by atoms with E-state index in [1.807, 2.05) is 49.4 Å². The number of rotatable bonds is 9. The van der Waals surface area contributed by atoms with Gasteiger partial charge in [0.2, 0.25) is 10.0 Å². The van der Waals surface area contributed by atoms with Gasteiger partial charge in [0, 0.05) is 30.5 Å². The van der Waals surface area contributed by atoms with Gasteiger partial charge < -0.3 is 25.6 Å². The Labute approximate surface area is 227 Å². The summed E-state index contributed by atoms with van der Waals surface area (Å²) in [6.07, 6.45) is 0.852. The maximum absolute atomic E-state index is 12.9. The molecule has 0 aliphatic carbocycles. The fraction of sp³-hybridized carbons (Fsp3) is 0.357. The van der Waals surface area contributed by atoms with Crippen molar-refractivity contribution in [1.82, 2.24) is 14.6 Å². The first-order chi connectivity index (χ1) is 17.8. The number of para-hydroxylation sites is 1. The number of hydrogen-bond acceptors (Lipinski definition) is 5. The van der Waals surface area contributed by atoms with E-state index in [9.17, 15) is 13.5 Å². The van der Waals surface area contributed by atoms with Gasteiger partial charge in [-0.15, -0.1) is 0 Å². The third-order valence-corrected chi connectivity index (χ3v) is 9.25. The SMILES string of the molecule is Cc1ccc(S(=O)(=O)N2CCC(CNCC(O)COc3c(Cl)ccc4[nH]c5ccccc5c34)CC2)cc1.O. The highest BCUT2D eigenvalue weighted by Gasteiger charge is 2.29. The van der Waals surface area contributed by atoms with Gasteiger partial charge in [0.1, 0.15) is 18.5 Å². The van der Waals surface area contributed by atoms with E-state index >= 15 is 0 Å². The molecule has 1 saturated heterocycles. The van der Waals surface area contributed by atoms with E-state index in [0.29, 0.717) is 47.8 Å². The average molecular weight is 560 g/mol. The van der Waals surface area contributed by atoms with Gasteiger partial charge >= 0.3 is 0 Å². The number of halogens is 1. The number of hydrogen-bond donors (Lipinski definition) is 3. The number of aliphatic hydroxyl groups is 1. The molecular formula is C28H34ClN3O5S. The number of aryl methyl sites for hydroxylation is 1. The lowest BCUT2D eigenvalue weighted by Gasteiger charge is -2.31. The Morgan fingerprint density at radius 3 is 2.53 bits per heavy atom. The van der Waals surface area contributed by atoms with Gasteiger partial charge in [-0.05, 0) is 62.6 Å². The van der Waals surface area contributed by atoms with E-state index in [0.717, 1.165) is 40.2 Å². The van der Waals surface area contributed by atoms with Crippen LogP contribution >= 0.6 is 11.6 Å². The van der Waals surface area contributed by atoms with Crippen molar-refractivity contribution in [1.29, 1.82) is 0 Å². The highest BCUT2D eigenvalue weighted by atomic mass is 35.5. The van der Waals surface area contributed by atoms with Crippen molar-refractivity contribution in [3.05, 3.63) is 71.2 Å². The number of fused-ring (bicyclic) bond motifs is 3. The molecule has 1 aromatic heterocycles. The smallest absolute Gasteiger partial charge is 0.243 e. The van der Waals surface area contributed by atoms with E-state index in [1.165, 1.54) is 0 Å². The first-order valence-corrected chi connectivity index (χ1v) is 14.4. The average Bonchev–Trinajstić information content (AvgIpc) is 3.27. The maximum Gasteiger partial charge on any atom is 0.243 e. The number of aromatic nitrogens is 1. The number of aliphatic hydroxyl groups excluding tert-OH is 1. The molecule has 1 fully saturated rings. The molecule has 2 heterocycles. The number of nitrogens with one attached hydrogen (secondary N) is 2. The first kappa shape index (κ1) is 28.4. The highest BCUT2D eigenvalue weighted by Crippen LogP contribution is 2.38. The molecule has 38 heavy (non-hydrogen) atoms. The number of nitrogens with zero attached hydrogens (tertiary/aromatic N) is 1. The molecule has 0 bridgehead atoms. The van der Waals surface area contributed by atoms with Crippen LogP contribution in [-0.2, 0) is 10.0 Å². The summed E-state index contributed by atoms with van der Waals surface area (Å²) in [5.41, 5.74) is 2.97. The molecule has 1 aliphatic heterocycles. The number of sulfonamides is 1. The third kappa shape index (κ3) is 5.98. The Kier molecular flexibility index (Phi) is 8.97. The molecule has 5 rings (SSSR count). The summed E-state index contributed by atoms with van der Waals surface area (Å²) < 4.78 is 33.4. The van der Waals surface area contributed by atoms with Crippen LogP contribution < -0.4 is 10.1 Å². The number of ether oxygens (including phenoxy) is 1. The van der Waals surface area contributed by atoms with Crippen molar-refractivity contribution in [2.45, 2.75) is 30.8 Å². The summed E-state index contributed by atoms with van der Waals surface area (Å²) in [6.45, 7) is 4.15. The van der Waals surface area contributed by atoms with Crippen LogP contribution in [0.15, 0.2) is 65.6 Å². The van der Waals surface area contributed by atoms with Crippen LogP contribution in [0.5, 0.6) is 5.75 Å². The lowest BCUT2D eigenvalue weighted by Crippen LogP contribution is -2.42. The summed E-state index contributed by atoms with van der Waals surface area (Å²) in [6, 6.07) is 18.7. The largest absolute Gasteiger partial charge is 0.489 e. The summed E-state index contributed by atoms with van der Waals surface area (Å²) in [4.78, 5) is 3.72. The van der Waals surface area contributed by atoms with Gasteiger partial charge in [-0.2, -0.15) is 4.31 Å². The van der Waals surface area contributed by atoms with Crippen LogP contribution in [0, 0.1) is 12.8 Å². The fourth-order valence-corrected chi connectivity index (χ4v) is 6.61. The standard InChI is InChI=1S/C28H32ClN3O4S.H2O/c1-19-6-8-22(9-7-19)37(34,35)32-14-12-20(13-15-32)16-30-17-21(33)18-36-28-24(29)10-11-26-27(28)23-4-2-3-5-25(23)31-26;/h2-11,20-21,30-31,33H,12-18H2,1H3;1H2. The zero-order chi connectivity index (χ0) is 26.0. The highest BCUT2D eigenvalue weighted by molar-refractivity contribution is 7.89. The van der Waals surface area contributed by atoms with Crippen molar-refractivity contribution in [3.63, 3.8) is 0 Å². The number of H-pyrrole nitrogens is 1. The Morgan fingerprint density at radius 2 is 1.79 bits per heavy atom. The van der Waals surface area contributed by atoms with E-state index in [-0.39, 0.29) is 12.1 Å². The van der Waals surface area contributed by atoms with Gasteiger partial charge in [0.25, 0.3) is 0 Å². The second-order valence-corrected chi connectivity index (χ2v) is 12.1. The van der Waals surface area contributed by atoms with E-state index in [2.05, 4.69) is 10.3 Å². The minimum absolute atomic E-state index is 0. The Bertz CT molecular complexity index is 1480. The number of aromatic amines is 1. The number of piperidine rings is 1. The van der Waals surface area contributed by atoms with Gasteiger partial charge in [-0.1, -0.05) is 47.5 Å². The quantitative estimate of drug-likeness (QED) is 0.287. The Morgan fingerprint density at radius 1 is 1.08 bits per heavy atom. The van der Waals surface area contributed by atoms with Crippen LogP contribution in [0.2, 0.25) is 5.02 Å². The Hall–Kier alpha value is -2.66. The monoisotopic (exact) mass is 559 g/mol. The maximum atomic E-state index is 12.9. The summed E-state index contributed by atoms with van der Waals surface area (Å²) in [7, 11) is -3.46. The number of benzene rings is 3. The normalized spacial score (nSPS) is 16.0. The van der Waals surface area contributed by atoms with Crippen molar-refractivity contribution >= 4 is 43.4 Å². The summed E-state index contributed by atoms with van der Waals surface area (Å²) in [5, 5.41) is 16.3. The molecule has 1 atom stereocenters. The molecule has 4 aromatic rings. The molecule has 1 unspecified atom stereocenters. The van der Waals surface area contributed by atoms with Crippen molar-refractivity contribution in [3.8, 4) is 5.75 Å². The van der Waals surface area contributed by atoms with Crippen LogP contribution in [0.1, 0.15) is 18.4 Å². The predicted molar refractivity (Wildman–Crippen MR) is 151 cm³/mol. The second kappa shape index (κ2) is 12.0. The van der Waals surface area contributed by atoms with Crippen molar-refractivity contribution < 1.29 is 23.7 Å². The van der Waals surface area contributed by atoms with Crippen molar-refractivity contribution in [2.24, 2.45) is 5.92 Å². The lowest BCUT2D eigenvalue weighted by molar-refractivity contribution is 0.105.